The third kappa shape index (κ3) is 6.10. The Labute approximate surface area is 222 Å². The molecule has 0 radical (unpaired) electrons. The second kappa shape index (κ2) is 11.7. The molecule has 4 amide bonds. The van der Waals surface area contributed by atoms with Crippen LogP contribution in [0.5, 0.6) is 0 Å². The van der Waals surface area contributed by atoms with E-state index >= 15 is 0 Å². The van der Waals surface area contributed by atoms with Crippen molar-refractivity contribution >= 4 is 34.3 Å². The molecule has 0 atom stereocenters. The molecule has 1 aliphatic heterocycles. The Morgan fingerprint density at radius 2 is 1.53 bits per heavy atom. The maximum absolute atomic E-state index is 13.0. The zero-order valence-corrected chi connectivity index (χ0v) is 21.5. The number of nitrogens with one attached hydrogen (secondary N) is 3. The van der Waals surface area contributed by atoms with Gasteiger partial charge in [-0.15, -0.1) is 0 Å². The summed E-state index contributed by atoms with van der Waals surface area (Å²) in [5.74, 6) is 0. The van der Waals surface area contributed by atoms with Gasteiger partial charge in [0.2, 0.25) is 0 Å². The fraction of sp³-hybridized carbons (Fsp3) is 0.233. The highest BCUT2D eigenvalue weighted by Gasteiger charge is 2.22. The zero-order valence-electron chi connectivity index (χ0n) is 21.5. The summed E-state index contributed by atoms with van der Waals surface area (Å²) in [4.78, 5) is 34.1. The second-order valence-corrected chi connectivity index (χ2v) is 9.38. The molecule has 1 aromatic heterocycles. The lowest BCUT2D eigenvalue weighted by Gasteiger charge is -2.34. The molecule has 2 heterocycles. The van der Waals surface area contributed by atoms with E-state index in [2.05, 4.69) is 25.8 Å². The molecule has 1 saturated heterocycles. The number of urea groups is 2. The number of para-hydroxylation sites is 2. The summed E-state index contributed by atoms with van der Waals surface area (Å²) in [5.41, 5.74) is 5.33. The number of hydrogen-bond donors (Lipinski definition) is 3. The van der Waals surface area contributed by atoms with Crippen molar-refractivity contribution in [3.8, 4) is 11.1 Å². The number of anilines is 2. The molecule has 0 aliphatic carbocycles. The van der Waals surface area contributed by atoms with Crippen LogP contribution in [0.15, 0.2) is 84.9 Å². The smallest absolute Gasteiger partial charge is 0.321 e. The Bertz CT molecular complexity index is 1420. The molecule has 0 saturated carbocycles. The highest BCUT2D eigenvalue weighted by atomic mass is 16.2. The number of carbonyl (C=O) groups is 2. The minimum Gasteiger partial charge on any atom is -0.337 e. The van der Waals surface area contributed by atoms with Crippen molar-refractivity contribution in [3.63, 3.8) is 0 Å². The largest absolute Gasteiger partial charge is 0.337 e. The van der Waals surface area contributed by atoms with Gasteiger partial charge in [-0.05, 0) is 30.7 Å². The van der Waals surface area contributed by atoms with Crippen LogP contribution in [-0.4, -0.2) is 66.1 Å². The van der Waals surface area contributed by atoms with E-state index in [4.69, 9.17) is 0 Å². The van der Waals surface area contributed by atoms with Gasteiger partial charge in [0.15, 0.2) is 0 Å². The van der Waals surface area contributed by atoms with Gasteiger partial charge >= 0.3 is 12.1 Å². The van der Waals surface area contributed by atoms with Gasteiger partial charge in [-0.1, -0.05) is 66.7 Å². The van der Waals surface area contributed by atoms with Crippen LogP contribution in [0.3, 0.4) is 0 Å². The molecule has 1 fully saturated rings. The maximum atomic E-state index is 13.0. The summed E-state index contributed by atoms with van der Waals surface area (Å²) in [6.07, 6.45) is 0. The van der Waals surface area contributed by atoms with E-state index in [1.165, 1.54) is 0 Å². The number of pyridine rings is 1. The standard InChI is InChI=1S/C30H32N6O2/c1-22-21-28(25-12-6-8-14-27(25)32-22)33-29(37)31-15-16-35-17-19-36(20-18-35)30(38)34-26-13-7-5-11-24(26)23-9-3-2-4-10-23/h2-14,21H,15-20H2,1H3,(H,34,38)(H2,31,32,33,37). The molecule has 8 nitrogen and oxygen atoms in total. The normalized spacial score (nSPS) is 13.8. The first-order valence-electron chi connectivity index (χ1n) is 12.9. The summed E-state index contributed by atoms with van der Waals surface area (Å²) in [5, 5.41) is 9.90. The molecule has 38 heavy (non-hydrogen) atoms. The first kappa shape index (κ1) is 25.2. The van der Waals surface area contributed by atoms with Gasteiger partial charge < -0.3 is 20.9 Å². The molecular weight excluding hydrogens is 476 g/mol. The summed E-state index contributed by atoms with van der Waals surface area (Å²) >= 11 is 0. The van der Waals surface area contributed by atoms with Gasteiger partial charge in [-0.25, -0.2) is 9.59 Å². The minimum atomic E-state index is -0.240. The van der Waals surface area contributed by atoms with Crippen LogP contribution in [0.4, 0.5) is 21.0 Å². The topological polar surface area (TPSA) is 89.6 Å². The summed E-state index contributed by atoms with van der Waals surface area (Å²) in [6, 6.07) is 27.2. The quantitative estimate of drug-likeness (QED) is 0.335. The van der Waals surface area contributed by atoms with Gasteiger partial charge in [0.1, 0.15) is 0 Å². The Balaban J connectivity index is 1.08. The molecule has 3 N–H and O–H groups in total. The average molecular weight is 509 g/mol. The molecule has 0 spiro atoms. The van der Waals surface area contributed by atoms with Crippen molar-refractivity contribution < 1.29 is 9.59 Å². The number of piperazine rings is 1. The molecule has 4 aromatic rings. The number of nitrogens with zero attached hydrogens (tertiary/aromatic N) is 3. The van der Waals surface area contributed by atoms with Crippen LogP contribution >= 0.6 is 0 Å². The predicted molar refractivity (Wildman–Crippen MR) is 152 cm³/mol. The van der Waals surface area contributed by atoms with E-state index in [9.17, 15) is 9.59 Å². The minimum absolute atomic E-state index is 0.0922. The monoisotopic (exact) mass is 508 g/mol. The van der Waals surface area contributed by atoms with Crippen molar-refractivity contribution in [1.82, 2.24) is 20.1 Å². The average Bonchev–Trinajstić information content (AvgIpc) is 2.94. The van der Waals surface area contributed by atoms with E-state index in [0.717, 1.165) is 58.7 Å². The maximum Gasteiger partial charge on any atom is 0.321 e. The third-order valence-corrected chi connectivity index (χ3v) is 6.72. The van der Waals surface area contributed by atoms with Crippen molar-refractivity contribution in [3.05, 3.63) is 90.6 Å². The lowest BCUT2D eigenvalue weighted by atomic mass is 10.0. The number of amides is 4. The fourth-order valence-corrected chi connectivity index (χ4v) is 4.74. The zero-order chi connectivity index (χ0) is 26.3. The number of aryl methyl sites for hydroxylation is 1. The number of hydrogen-bond acceptors (Lipinski definition) is 4. The van der Waals surface area contributed by atoms with E-state index in [0.29, 0.717) is 19.6 Å². The number of fused-ring (bicyclic) bond motifs is 1. The van der Waals surface area contributed by atoms with Gasteiger partial charge in [0.05, 0.1) is 16.9 Å². The molecular formula is C30H32N6O2. The van der Waals surface area contributed by atoms with E-state index in [-0.39, 0.29) is 12.1 Å². The number of carbonyl (C=O) groups excluding carboxylic acids is 2. The van der Waals surface area contributed by atoms with Crippen molar-refractivity contribution in [2.75, 3.05) is 49.9 Å². The van der Waals surface area contributed by atoms with Crippen LogP contribution in [0.2, 0.25) is 0 Å². The van der Waals surface area contributed by atoms with Crippen molar-refractivity contribution in [2.45, 2.75) is 6.92 Å². The predicted octanol–water partition coefficient (Wildman–Crippen LogP) is 5.18. The number of aromatic nitrogens is 1. The summed E-state index contributed by atoms with van der Waals surface area (Å²) in [7, 11) is 0. The first-order chi connectivity index (χ1) is 18.6. The third-order valence-electron chi connectivity index (χ3n) is 6.72. The summed E-state index contributed by atoms with van der Waals surface area (Å²) in [6.45, 7) is 5.93. The summed E-state index contributed by atoms with van der Waals surface area (Å²) < 4.78 is 0. The molecule has 3 aromatic carbocycles. The van der Waals surface area contributed by atoms with Crippen LogP contribution < -0.4 is 16.0 Å². The molecule has 0 bridgehead atoms. The SMILES string of the molecule is Cc1cc(NC(=O)NCCN2CCN(C(=O)Nc3ccccc3-c3ccccc3)CC2)c2ccccc2n1. The molecule has 1 aliphatic rings. The highest BCUT2D eigenvalue weighted by molar-refractivity contribution is 6.00. The van der Waals surface area contributed by atoms with Gasteiger partial charge in [-0.2, -0.15) is 0 Å². The Morgan fingerprint density at radius 3 is 2.34 bits per heavy atom. The van der Waals surface area contributed by atoms with Crippen LogP contribution in [0, 0.1) is 6.92 Å². The van der Waals surface area contributed by atoms with Gasteiger partial charge in [-0.3, -0.25) is 9.88 Å². The van der Waals surface area contributed by atoms with Crippen LogP contribution in [0.25, 0.3) is 22.0 Å². The Kier molecular flexibility index (Phi) is 7.80. The van der Waals surface area contributed by atoms with E-state index in [1.54, 1.807) is 0 Å². The highest BCUT2D eigenvalue weighted by Crippen LogP contribution is 2.28. The van der Waals surface area contributed by atoms with Gasteiger partial charge in [0, 0.05) is 55.9 Å². The number of benzene rings is 3. The van der Waals surface area contributed by atoms with Crippen LogP contribution in [-0.2, 0) is 0 Å². The molecule has 5 rings (SSSR count). The molecule has 8 heteroatoms. The lowest BCUT2D eigenvalue weighted by molar-refractivity contribution is 0.148. The van der Waals surface area contributed by atoms with E-state index in [1.807, 2.05) is 96.8 Å². The van der Waals surface area contributed by atoms with Gasteiger partial charge in [0.25, 0.3) is 0 Å². The Morgan fingerprint density at radius 1 is 0.816 bits per heavy atom. The fourth-order valence-electron chi connectivity index (χ4n) is 4.74. The lowest BCUT2D eigenvalue weighted by Crippen LogP contribution is -2.51. The van der Waals surface area contributed by atoms with Crippen molar-refractivity contribution in [2.24, 2.45) is 0 Å². The van der Waals surface area contributed by atoms with E-state index < -0.39 is 0 Å². The number of rotatable bonds is 6. The first-order valence-corrected chi connectivity index (χ1v) is 12.9. The molecule has 0 unspecified atom stereocenters. The molecule has 194 valence electrons. The second-order valence-electron chi connectivity index (χ2n) is 9.38. The van der Waals surface area contributed by atoms with Crippen LogP contribution in [0.1, 0.15) is 5.69 Å². The van der Waals surface area contributed by atoms with Crippen molar-refractivity contribution in [1.29, 1.82) is 0 Å². The Hall–Kier alpha value is -4.43.